The Labute approximate surface area is 120 Å². The minimum Gasteiger partial charge on any atom is -0.378 e. The molecule has 0 unspecified atom stereocenters. The summed E-state index contributed by atoms with van der Waals surface area (Å²) in [5.74, 6) is -0.301. The van der Waals surface area contributed by atoms with Crippen LogP contribution in [0.3, 0.4) is 0 Å². The Hall–Kier alpha value is -1.79. The average molecular weight is 294 g/mol. The van der Waals surface area contributed by atoms with E-state index in [9.17, 15) is 9.18 Å². The van der Waals surface area contributed by atoms with Crippen molar-refractivity contribution in [1.29, 1.82) is 0 Å². The number of nitrogens with zero attached hydrogens (tertiary/aromatic N) is 2. The van der Waals surface area contributed by atoms with Gasteiger partial charge >= 0.3 is 0 Å². The van der Waals surface area contributed by atoms with Gasteiger partial charge in [0.25, 0.3) is 0 Å². The lowest BCUT2D eigenvalue weighted by molar-refractivity contribution is 0.112. The van der Waals surface area contributed by atoms with Gasteiger partial charge in [0, 0.05) is 19.3 Å². The molecule has 0 bridgehead atoms. The van der Waals surface area contributed by atoms with Gasteiger partial charge in [0.2, 0.25) is 0 Å². The number of aldehydes is 1. The van der Waals surface area contributed by atoms with E-state index in [1.807, 2.05) is 17.9 Å². The third kappa shape index (κ3) is 3.02. The number of carbonyl (C=O) groups is 1. The summed E-state index contributed by atoms with van der Waals surface area (Å²) in [6, 6.07) is 6.30. The highest BCUT2D eigenvalue weighted by Crippen LogP contribution is 2.31. The van der Waals surface area contributed by atoms with Gasteiger partial charge in [-0.15, -0.1) is 0 Å². The van der Waals surface area contributed by atoms with Gasteiger partial charge in [-0.3, -0.25) is 4.79 Å². The predicted molar refractivity (Wildman–Crippen MR) is 77.3 cm³/mol. The van der Waals surface area contributed by atoms with E-state index in [-0.39, 0.29) is 12.4 Å². The van der Waals surface area contributed by atoms with Crippen LogP contribution in [0, 0.1) is 5.82 Å². The van der Waals surface area contributed by atoms with Gasteiger partial charge in [-0.05, 0) is 25.1 Å². The van der Waals surface area contributed by atoms with Crippen molar-refractivity contribution in [3.05, 3.63) is 40.7 Å². The predicted octanol–water partition coefficient (Wildman–Crippen LogP) is 3.40. The van der Waals surface area contributed by atoms with E-state index in [0.29, 0.717) is 27.9 Å². The fourth-order valence-corrected chi connectivity index (χ4v) is 2.84. The van der Waals surface area contributed by atoms with Gasteiger partial charge in [0.05, 0.1) is 17.2 Å². The van der Waals surface area contributed by atoms with E-state index in [2.05, 4.69) is 4.98 Å². The van der Waals surface area contributed by atoms with Crippen LogP contribution < -0.4 is 4.90 Å². The van der Waals surface area contributed by atoms with Gasteiger partial charge in [-0.25, -0.2) is 9.37 Å². The van der Waals surface area contributed by atoms with Crippen molar-refractivity contribution < 1.29 is 13.9 Å². The molecule has 0 spiro atoms. The molecule has 2 aromatic rings. The third-order valence-electron chi connectivity index (χ3n) is 2.77. The number of methoxy groups -OCH3 is 1. The maximum absolute atomic E-state index is 13.3. The summed E-state index contributed by atoms with van der Waals surface area (Å²) < 4.78 is 18.4. The molecule has 0 aliphatic rings. The fourth-order valence-electron chi connectivity index (χ4n) is 1.87. The molecule has 4 nitrogen and oxygen atoms in total. The van der Waals surface area contributed by atoms with Crippen molar-refractivity contribution in [2.24, 2.45) is 0 Å². The first-order valence-corrected chi connectivity index (χ1v) is 6.98. The van der Waals surface area contributed by atoms with Crippen molar-refractivity contribution in [2.75, 3.05) is 18.6 Å². The Kier molecular flexibility index (Phi) is 4.81. The molecule has 0 amide bonds. The number of carbonyl (C=O) groups excluding carboxylic acids is 1. The average Bonchev–Trinajstić information content (AvgIpc) is 2.83. The number of hydrogen-bond donors (Lipinski definition) is 0. The first kappa shape index (κ1) is 14.6. The van der Waals surface area contributed by atoms with Crippen LogP contribution in [-0.2, 0) is 11.3 Å². The number of benzene rings is 1. The number of thiazole rings is 1. The summed E-state index contributed by atoms with van der Waals surface area (Å²) in [6.45, 7) is 2.86. The first-order valence-electron chi connectivity index (χ1n) is 6.16. The van der Waals surface area contributed by atoms with Gasteiger partial charge in [0.1, 0.15) is 5.82 Å². The van der Waals surface area contributed by atoms with E-state index in [4.69, 9.17) is 4.74 Å². The third-order valence-corrected chi connectivity index (χ3v) is 3.82. The lowest BCUT2D eigenvalue weighted by atomic mass is 10.3. The number of anilines is 2. The van der Waals surface area contributed by atoms with Crippen molar-refractivity contribution in [3.8, 4) is 0 Å². The van der Waals surface area contributed by atoms with E-state index < -0.39 is 0 Å². The van der Waals surface area contributed by atoms with Crippen LogP contribution >= 0.6 is 11.3 Å². The van der Waals surface area contributed by atoms with Crippen molar-refractivity contribution in [2.45, 2.75) is 13.5 Å². The Bertz CT molecular complexity index is 601. The minimum atomic E-state index is -0.301. The van der Waals surface area contributed by atoms with Crippen LogP contribution in [-0.4, -0.2) is 24.9 Å². The highest BCUT2D eigenvalue weighted by molar-refractivity contribution is 7.17. The highest BCUT2D eigenvalue weighted by atomic mass is 32.1. The number of rotatable bonds is 6. The molecule has 2 rings (SSSR count). The molecule has 0 aliphatic carbocycles. The second-order valence-electron chi connectivity index (χ2n) is 4.08. The van der Waals surface area contributed by atoms with E-state index in [1.165, 1.54) is 23.5 Å². The minimum absolute atomic E-state index is 0.283. The molecule has 20 heavy (non-hydrogen) atoms. The smallest absolute Gasteiger partial charge is 0.190 e. The second kappa shape index (κ2) is 6.58. The lowest BCUT2D eigenvalue weighted by Crippen LogP contribution is -2.15. The molecule has 1 heterocycles. The zero-order chi connectivity index (χ0) is 14.5. The standard InChI is InChI=1S/C14H15FN2O2S/c1-3-17(11-6-4-5-10(15)7-11)14-16-12(9-19-2)13(8-18)20-14/h4-8H,3,9H2,1-2H3. The Morgan fingerprint density at radius 1 is 1.50 bits per heavy atom. The molecular weight excluding hydrogens is 279 g/mol. The summed E-state index contributed by atoms with van der Waals surface area (Å²) in [4.78, 5) is 17.9. The van der Waals surface area contributed by atoms with Crippen LogP contribution in [0.5, 0.6) is 0 Å². The van der Waals surface area contributed by atoms with Crippen LogP contribution in [0.4, 0.5) is 15.2 Å². The van der Waals surface area contributed by atoms with Gasteiger partial charge in [-0.1, -0.05) is 17.4 Å². The van der Waals surface area contributed by atoms with Crippen LogP contribution in [0.15, 0.2) is 24.3 Å². The maximum atomic E-state index is 13.3. The largest absolute Gasteiger partial charge is 0.378 e. The summed E-state index contributed by atoms with van der Waals surface area (Å²) in [5.41, 5.74) is 1.32. The normalized spacial score (nSPS) is 10.6. The molecular formula is C14H15FN2O2S. The van der Waals surface area contributed by atoms with Crippen molar-refractivity contribution in [1.82, 2.24) is 4.98 Å². The second-order valence-corrected chi connectivity index (χ2v) is 5.09. The Morgan fingerprint density at radius 3 is 2.90 bits per heavy atom. The summed E-state index contributed by atoms with van der Waals surface area (Å²) in [5, 5.41) is 0.659. The number of ether oxygens (including phenoxy) is 1. The summed E-state index contributed by atoms with van der Waals surface area (Å²) >= 11 is 1.28. The van der Waals surface area contributed by atoms with Gasteiger partial charge in [-0.2, -0.15) is 0 Å². The van der Waals surface area contributed by atoms with E-state index in [1.54, 1.807) is 13.2 Å². The van der Waals surface area contributed by atoms with Crippen LogP contribution in [0.1, 0.15) is 22.3 Å². The van der Waals surface area contributed by atoms with E-state index in [0.717, 1.165) is 6.29 Å². The quantitative estimate of drug-likeness (QED) is 0.766. The molecule has 0 radical (unpaired) electrons. The molecule has 6 heteroatoms. The van der Waals surface area contributed by atoms with E-state index >= 15 is 0 Å². The Balaban J connectivity index is 2.39. The molecule has 1 aromatic heterocycles. The number of aromatic nitrogens is 1. The lowest BCUT2D eigenvalue weighted by Gasteiger charge is -2.19. The zero-order valence-electron chi connectivity index (χ0n) is 11.3. The topological polar surface area (TPSA) is 42.4 Å². The van der Waals surface area contributed by atoms with Crippen LogP contribution in [0.2, 0.25) is 0 Å². The molecule has 0 fully saturated rings. The van der Waals surface area contributed by atoms with Gasteiger partial charge < -0.3 is 9.64 Å². The van der Waals surface area contributed by atoms with Crippen molar-refractivity contribution >= 4 is 28.4 Å². The SMILES string of the molecule is CCN(c1cccc(F)c1)c1nc(COC)c(C=O)s1. The number of hydrogen-bond acceptors (Lipinski definition) is 5. The molecule has 0 saturated carbocycles. The summed E-state index contributed by atoms with van der Waals surface area (Å²) in [6.07, 6.45) is 0.773. The van der Waals surface area contributed by atoms with Crippen LogP contribution in [0.25, 0.3) is 0 Å². The zero-order valence-corrected chi connectivity index (χ0v) is 12.1. The molecule has 106 valence electrons. The number of halogens is 1. The maximum Gasteiger partial charge on any atom is 0.190 e. The monoisotopic (exact) mass is 294 g/mol. The summed E-state index contributed by atoms with van der Waals surface area (Å²) in [7, 11) is 1.55. The molecule has 0 saturated heterocycles. The highest BCUT2D eigenvalue weighted by Gasteiger charge is 2.16. The first-order chi connectivity index (χ1) is 9.69. The fraction of sp³-hybridized carbons (Fsp3) is 0.286. The van der Waals surface area contributed by atoms with Crippen molar-refractivity contribution in [3.63, 3.8) is 0 Å². The molecule has 0 N–H and O–H groups in total. The molecule has 1 aromatic carbocycles. The Morgan fingerprint density at radius 2 is 2.30 bits per heavy atom. The molecule has 0 aliphatic heterocycles. The molecule has 0 atom stereocenters. The van der Waals surface area contributed by atoms with Gasteiger partial charge in [0.15, 0.2) is 11.4 Å².